The molecule has 0 aliphatic carbocycles. The molecule has 0 spiro atoms. The fourth-order valence-corrected chi connectivity index (χ4v) is 0.778. The van der Waals surface area contributed by atoms with Crippen LogP contribution in [0.2, 0.25) is 0 Å². The van der Waals surface area contributed by atoms with E-state index in [1.54, 1.807) is 13.8 Å². The van der Waals surface area contributed by atoms with Crippen molar-refractivity contribution in [3.8, 4) is 0 Å². The summed E-state index contributed by atoms with van der Waals surface area (Å²) in [6.07, 6.45) is 0. The van der Waals surface area contributed by atoms with E-state index in [0.29, 0.717) is 5.57 Å². The van der Waals surface area contributed by atoms with Gasteiger partial charge in [0.05, 0.1) is 7.11 Å². The Morgan fingerprint density at radius 3 is 2.00 bits per heavy atom. The molecule has 0 aromatic carbocycles. The average molecular weight is 160 g/mol. The second-order valence-corrected chi connectivity index (χ2v) is 2.56. The van der Waals surface area contributed by atoms with Crippen LogP contribution < -0.4 is 0 Å². The summed E-state index contributed by atoms with van der Waals surface area (Å²) in [4.78, 5) is 10.7. The Labute approximate surface area is 61.3 Å². The summed E-state index contributed by atoms with van der Waals surface area (Å²) in [5.41, 5.74) is 0.712. The molecule has 0 atom stereocenters. The van der Waals surface area contributed by atoms with Crippen molar-refractivity contribution in [3.63, 3.8) is 0 Å². The number of hydrogen-bond donors (Lipinski definition) is 0. The van der Waals surface area contributed by atoms with Crippen molar-refractivity contribution in [2.45, 2.75) is 13.8 Å². The molecule has 0 saturated carbocycles. The van der Waals surface area contributed by atoms with Crippen molar-refractivity contribution in [1.82, 2.24) is 0 Å². The van der Waals surface area contributed by atoms with Gasteiger partial charge in [-0.05, 0) is 13.8 Å². The molecule has 0 aromatic rings. The van der Waals surface area contributed by atoms with E-state index in [1.165, 1.54) is 7.11 Å². The number of hydrogen-bond acceptors (Lipinski definition) is 3. The molecule has 0 heterocycles. The number of esters is 1. The maximum atomic E-state index is 10.7. The summed E-state index contributed by atoms with van der Waals surface area (Å²) in [6, 6.07) is 0. The first-order valence-corrected chi connectivity index (χ1v) is 3.54. The molecule has 0 rings (SSSR count). The van der Waals surface area contributed by atoms with Crippen molar-refractivity contribution >= 4 is 14.4 Å². The van der Waals surface area contributed by atoms with E-state index in [0.717, 1.165) is 0 Å². The van der Waals surface area contributed by atoms with Crippen LogP contribution in [0.15, 0.2) is 10.9 Å². The third-order valence-electron chi connectivity index (χ3n) is 0.944. The van der Waals surface area contributed by atoms with Crippen LogP contribution >= 0.6 is 8.46 Å². The predicted octanol–water partition coefficient (Wildman–Crippen LogP) is 1.74. The molecule has 0 radical (unpaired) electrons. The van der Waals surface area contributed by atoms with Gasteiger partial charge < -0.3 is 4.74 Å². The van der Waals surface area contributed by atoms with E-state index < -0.39 is 5.97 Å². The van der Waals surface area contributed by atoms with E-state index in [-0.39, 0.29) is 13.8 Å². The fraction of sp³-hybridized carbons (Fsp3) is 0.500. The second kappa shape index (κ2) is 4.18. The van der Waals surface area contributed by atoms with Gasteiger partial charge in [0, 0.05) is 0 Å². The van der Waals surface area contributed by atoms with Crippen molar-refractivity contribution < 1.29 is 14.1 Å². The minimum Gasteiger partial charge on any atom is -0.465 e. The lowest BCUT2D eigenvalue weighted by Gasteiger charge is -1.96. The largest absolute Gasteiger partial charge is 0.465 e. The molecule has 0 aromatic heterocycles. The predicted molar refractivity (Wildman–Crippen MR) is 38.0 cm³/mol. The Hall–Kier alpha value is -0.690. The second-order valence-electron chi connectivity index (χ2n) is 1.93. The molecule has 0 unspecified atom stereocenters. The Morgan fingerprint density at radius 2 is 1.90 bits per heavy atom. The summed E-state index contributed by atoms with van der Waals surface area (Å²) >= 11 is 0. The molecule has 10 heavy (non-hydrogen) atoms. The van der Waals surface area contributed by atoms with Gasteiger partial charge in [0.2, 0.25) is 0 Å². The zero-order valence-electron chi connectivity index (χ0n) is 6.17. The summed E-state index contributed by atoms with van der Waals surface area (Å²) in [6.45, 7) is 3.41. The Kier molecular flexibility index (Phi) is 3.89. The van der Waals surface area contributed by atoms with Gasteiger partial charge in [-0.1, -0.05) is 5.57 Å². The van der Waals surface area contributed by atoms with E-state index in [4.69, 9.17) is 0 Å². The normalized spacial score (nSPS) is 9.10. The van der Waals surface area contributed by atoms with Crippen molar-refractivity contribution in [1.29, 1.82) is 0 Å². The zero-order valence-corrected chi connectivity index (χ0v) is 7.07. The topological polar surface area (TPSA) is 43.4 Å². The highest BCUT2D eigenvalue weighted by Crippen LogP contribution is 2.17. The minimum atomic E-state index is -0.531. The first-order chi connectivity index (χ1) is 4.63. The van der Waals surface area contributed by atoms with Gasteiger partial charge in [0.15, 0.2) is 8.46 Å². The molecular formula is C6H9O3P. The van der Waals surface area contributed by atoms with E-state index in [1.807, 2.05) is 0 Å². The van der Waals surface area contributed by atoms with E-state index >= 15 is 0 Å². The van der Waals surface area contributed by atoms with Gasteiger partial charge in [0.25, 0.3) is 0 Å². The van der Waals surface area contributed by atoms with Crippen molar-refractivity contribution in [3.05, 3.63) is 10.9 Å². The third kappa shape index (κ3) is 2.28. The summed E-state index contributed by atoms with van der Waals surface area (Å²) in [7, 11) is 0.979. The standard InChI is InChI=1S/C6H9O3P/c1-4(2)5(10-8)6(7)9-3/h1-3H3. The Bertz CT molecular complexity index is 179. The highest BCUT2D eigenvalue weighted by molar-refractivity contribution is 7.31. The van der Waals surface area contributed by atoms with Crippen molar-refractivity contribution in [2.75, 3.05) is 7.11 Å². The highest BCUT2D eigenvalue weighted by atomic mass is 31.1. The number of rotatable bonds is 2. The van der Waals surface area contributed by atoms with Crippen LogP contribution in [0, 0.1) is 0 Å². The van der Waals surface area contributed by atoms with Gasteiger partial charge in [-0.25, -0.2) is 4.79 Å². The lowest BCUT2D eigenvalue weighted by atomic mass is 10.3. The number of allylic oxidation sites excluding steroid dienone is 1. The number of methoxy groups -OCH3 is 1. The lowest BCUT2D eigenvalue weighted by molar-refractivity contribution is -0.135. The first-order valence-electron chi connectivity index (χ1n) is 2.72. The van der Waals surface area contributed by atoms with Crippen LogP contribution in [0.3, 0.4) is 0 Å². The first kappa shape index (κ1) is 9.31. The molecule has 56 valence electrons. The van der Waals surface area contributed by atoms with Gasteiger partial charge in [-0.3, -0.25) is 4.57 Å². The van der Waals surface area contributed by atoms with Gasteiger partial charge in [-0.2, -0.15) is 0 Å². The Morgan fingerprint density at radius 1 is 1.40 bits per heavy atom. The minimum absolute atomic E-state index is 0.197. The fourth-order valence-electron chi connectivity index (χ4n) is 0.429. The smallest absolute Gasteiger partial charge is 0.345 e. The molecule has 0 N–H and O–H groups in total. The summed E-state index contributed by atoms with van der Waals surface area (Å²) < 4.78 is 14.6. The van der Waals surface area contributed by atoms with Crippen LogP contribution in [-0.2, 0) is 14.1 Å². The molecule has 0 amide bonds. The van der Waals surface area contributed by atoms with Crippen LogP contribution in [0.4, 0.5) is 0 Å². The van der Waals surface area contributed by atoms with Crippen LogP contribution in [0.5, 0.6) is 0 Å². The molecule has 0 aliphatic heterocycles. The third-order valence-corrected chi connectivity index (χ3v) is 1.76. The zero-order chi connectivity index (χ0) is 8.15. The number of carbonyl (C=O) groups excluding carboxylic acids is 1. The lowest BCUT2D eigenvalue weighted by Crippen LogP contribution is -2.00. The van der Waals surface area contributed by atoms with Crippen LogP contribution in [0.1, 0.15) is 13.8 Å². The van der Waals surface area contributed by atoms with E-state index in [2.05, 4.69) is 4.74 Å². The molecule has 3 nitrogen and oxygen atoms in total. The molecule has 0 fully saturated rings. The van der Waals surface area contributed by atoms with Crippen LogP contribution in [-0.4, -0.2) is 13.1 Å². The van der Waals surface area contributed by atoms with Gasteiger partial charge in [0.1, 0.15) is 5.31 Å². The van der Waals surface area contributed by atoms with Crippen LogP contribution in [0.25, 0.3) is 0 Å². The molecule has 0 saturated heterocycles. The molecule has 0 aliphatic rings. The van der Waals surface area contributed by atoms with Gasteiger partial charge in [-0.15, -0.1) is 0 Å². The Balaban J connectivity index is 4.53. The summed E-state index contributed by atoms with van der Waals surface area (Å²) in [5.74, 6) is -0.531. The monoisotopic (exact) mass is 160 g/mol. The maximum absolute atomic E-state index is 10.7. The molecular weight excluding hydrogens is 151 g/mol. The molecule has 4 heteroatoms. The van der Waals surface area contributed by atoms with Crippen molar-refractivity contribution in [2.24, 2.45) is 0 Å². The number of ether oxygens (including phenoxy) is 1. The number of carbonyl (C=O) groups is 1. The quantitative estimate of drug-likeness (QED) is 0.351. The average Bonchev–Trinajstić information content (AvgIpc) is 1.88. The molecule has 0 bridgehead atoms. The van der Waals surface area contributed by atoms with E-state index in [9.17, 15) is 9.36 Å². The maximum Gasteiger partial charge on any atom is 0.345 e. The SMILES string of the molecule is COC(=O)C(P=O)=C(C)C. The van der Waals surface area contributed by atoms with Gasteiger partial charge >= 0.3 is 5.97 Å². The summed E-state index contributed by atoms with van der Waals surface area (Å²) in [5, 5.41) is 0.197. The highest BCUT2D eigenvalue weighted by Gasteiger charge is 2.10.